The van der Waals surface area contributed by atoms with Gasteiger partial charge in [0.1, 0.15) is 42.1 Å². The van der Waals surface area contributed by atoms with Gasteiger partial charge in [0.05, 0.1) is 18.8 Å². The fraction of sp³-hybridized carbons (Fsp3) is 0.0851. The Morgan fingerprint density at radius 3 is 1.40 bits per heavy atom. The molecule has 0 bridgehead atoms. The molecule has 7 aromatic carbocycles. The summed E-state index contributed by atoms with van der Waals surface area (Å²) in [6.45, 7) is 0.657. The molecule has 53 heavy (non-hydrogen) atoms. The molecule has 262 valence electrons. The van der Waals surface area contributed by atoms with Crippen LogP contribution >= 0.6 is 7.26 Å². The van der Waals surface area contributed by atoms with E-state index in [9.17, 15) is 4.79 Å². The average molecular weight is 716 g/mol. The molecule has 0 saturated heterocycles. The summed E-state index contributed by atoms with van der Waals surface area (Å²) in [7, 11) is -0.907. The SMILES string of the molecule is COC(=O)c1ccc(Oc2cc(C[P+](c3ccccc3)(c3ccccc3)c3ccccc3)cc(OCc3ccccc3)c2OCc2ccccc2)cc1. The van der Waals surface area contributed by atoms with E-state index >= 15 is 0 Å². The predicted octanol–water partition coefficient (Wildman–Crippen LogP) is 9.92. The van der Waals surface area contributed by atoms with E-state index < -0.39 is 13.2 Å². The highest BCUT2D eigenvalue weighted by Crippen LogP contribution is 2.59. The first-order valence-electron chi connectivity index (χ1n) is 17.5. The molecule has 0 aliphatic heterocycles. The summed E-state index contributed by atoms with van der Waals surface area (Å²) >= 11 is 0. The molecular weight excluding hydrogens is 675 g/mol. The minimum Gasteiger partial charge on any atom is -0.485 e. The fourth-order valence-corrected chi connectivity index (χ4v) is 10.7. The van der Waals surface area contributed by atoms with Crippen LogP contribution in [0, 0.1) is 0 Å². The second-order valence-electron chi connectivity index (χ2n) is 12.6. The van der Waals surface area contributed by atoms with E-state index in [2.05, 4.69) is 103 Å². The summed E-state index contributed by atoms with van der Waals surface area (Å²) in [5, 5.41) is 3.82. The van der Waals surface area contributed by atoms with Gasteiger partial charge in [-0.1, -0.05) is 115 Å². The van der Waals surface area contributed by atoms with Gasteiger partial charge in [-0.05, 0) is 89.5 Å². The number of benzene rings is 7. The highest BCUT2D eigenvalue weighted by Gasteiger charge is 2.45. The van der Waals surface area contributed by atoms with Crippen LogP contribution in [0.2, 0.25) is 0 Å². The number of ether oxygens (including phenoxy) is 4. The van der Waals surface area contributed by atoms with Gasteiger partial charge in [-0.25, -0.2) is 4.79 Å². The van der Waals surface area contributed by atoms with Crippen LogP contribution in [0.3, 0.4) is 0 Å². The number of hydrogen-bond donors (Lipinski definition) is 0. The maximum Gasteiger partial charge on any atom is 0.337 e. The number of rotatable bonds is 14. The van der Waals surface area contributed by atoms with Crippen LogP contribution in [-0.2, 0) is 24.1 Å². The highest BCUT2D eigenvalue weighted by atomic mass is 31.2. The molecule has 0 aliphatic rings. The van der Waals surface area contributed by atoms with E-state index in [1.165, 1.54) is 23.0 Å². The van der Waals surface area contributed by atoms with Crippen LogP contribution in [0.15, 0.2) is 188 Å². The van der Waals surface area contributed by atoms with Gasteiger partial charge in [-0.15, -0.1) is 0 Å². The molecule has 0 unspecified atom stereocenters. The molecule has 0 saturated carbocycles. The molecule has 6 heteroatoms. The molecule has 0 aliphatic carbocycles. The van der Waals surface area contributed by atoms with Crippen LogP contribution < -0.4 is 30.1 Å². The molecular formula is C47H40O5P+. The smallest absolute Gasteiger partial charge is 0.337 e. The number of carbonyl (C=O) groups is 1. The third kappa shape index (κ3) is 8.33. The summed E-state index contributed by atoms with van der Waals surface area (Å²) in [5.41, 5.74) is 3.52. The van der Waals surface area contributed by atoms with Crippen molar-refractivity contribution >= 4 is 29.1 Å². The highest BCUT2D eigenvalue weighted by molar-refractivity contribution is 7.95. The second-order valence-corrected chi connectivity index (χ2v) is 16.0. The maximum atomic E-state index is 12.2. The van der Waals surface area contributed by atoms with Gasteiger partial charge >= 0.3 is 5.97 Å². The van der Waals surface area contributed by atoms with Crippen molar-refractivity contribution in [2.75, 3.05) is 7.11 Å². The van der Waals surface area contributed by atoms with Crippen molar-refractivity contribution < 1.29 is 23.7 Å². The molecule has 0 aromatic heterocycles. The number of methoxy groups -OCH3 is 1. The number of carbonyl (C=O) groups excluding carboxylic acids is 1. The Morgan fingerprint density at radius 2 is 0.925 bits per heavy atom. The Balaban J connectivity index is 1.39. The van der Waals surface area contributed by atoms with Crippen LogP contribution in [0.25, 0.3) is 0 Å². The lowest BCUT2D eigenvalue weighted by atomic mass is 10.2. The lowest BCUT2D eigenvalue weighted by molar-refractivity contribution is 0.0600. The van der Waals surface area contributed by atoms with Gasteiger partial charge in [-0.3, -0.25) is 0 Å². The molecule has 7 rings (SSSR count). The molecule has 0 atom stereocenters. The molecule has 5 nitrogen and oxygen atoms in total. The lowest BCUT2D eigenvalue weighted by Crippen LogP contribution is -2.32. The first kappa shape index (κ1) is 35.3. The van der Waals surface area contributed by atoms with Crippen molar-refractivity contribution in [3.05, 3.63) is 210 Å². The van der Waals surface area contributed by atoms with Crippen LogP contribution in [0.1, 0.15) is 27.0 Å². The molecule has 0 N–H and O–H groups in total. The minimum atomic E-state index is -2.28. The summed E-state index contributed by atoms with van der Waals surface area (Å²) in [6.07, 6.45) is 0.698. The Kier molecular flexibility index (Phi) is 11.2. The average Bonchev–Trinajstić information content (AvgIpc) is 3.23. The Morgan fingerprint density at radius 1 is 0.491 bits per heavy atom. The zero-order valence-corrected chi connectivity index (χ0v) is 30.4. The van der Waals surface area contributed by atoms with Crippen molar-refractivity contribution in [2.24, 2.45) is 0 Å². The van der Waals surface area contributed by atoms with Gasteiger partial charge < -0.3 is 18.9 Å². The van der Waals surface area contributed by atoms with Crippen molar-refractivity contribution in [3.8, 4) is 23.0 Å². The summed E-state index contributed by atoms with van der Waals surface area (Å²) in [6, 6.07) is 63.7. The van der Waals surface area contributed by atoms with Crippen LogP contribution in [-0.4, -0.2) is 13.1 Å². The lowest BCUT2D eigenvalue weighted by Gasteiger charge is -2.28. The topological polar surface area (TPSA) is 54.0 Å². The monoisotopic (exact) mass is 715 g/mol. The van der Waals surface area contributed by atoms with E-state index in [-0.39, 0.29) is 0 Å². The largest absolute Gasteiger partial charge is 0.485 e. The van der Waals surface area contributed by atoms with E-state index in [1.807, 2.05) is 60.7 Å². The summed E-state index contributed by atoms with van der Waals surface area (Å²) < 4.78 is 24.9. The Labute approximate surface area is 311 Å². The molecule has 0 amide bonds. The van der Waals surface area contributed by atoms with Crippen molar-refractivity contribution in [1.29, 1.82) is 0 Å². The van der Waals surface area contributed by atoms with Gasteiger partial charge in [0.25, 0.3) is 0 Å². The first-order valence-corrected chi connectivity index (χ1v) is 19.5. The van der Waals surface area contributed by atoms with E-state index in [0.717, 1.165) is 16.7 Å². The molecule has 7 aromatic rings. The summed E-state index contributed by atoms with van der Waals surface area (Å²) in [5.74, 6) is 1.72. The van der Waals surface area contributed by atoms with E-state index in [4.69, 9.17) is 18.9 Å². The third-order valence-corrected chi connectivity index (χ3v) is 13.4. The Bertz CT molecular complexity index is 2110. The zero-order valence-electron chi connectivity index (χ0n) is 29.5. The molecule has 0 fully saturated rings. The quantitative estimate of drug-likeness (QED) is 0.0829. The van der Waals surface area contributed by atoms with Gasteiger partial charge in [-0.2, -0.15) is 0 Å². The van der Waals surface area contributed by atoms with Gasteiger partial charge in [0, 0.05) is 0 Å². The third-order valence-electron chi connectivity index (χ3n) is 9.06. The zero-order chi connectivity index (χ0) is 36.3. The second kappa shape index (κ2) is 16.9. The molecule has 0 radical (unpaired) electrons. The van der Waals surface area contributed by atoms with Crippen LogP contribution in [0.5, 0.6) is 23.0 Å². The Hall–Kier alpha value is -6.16. The minimum absolute atomic E-state index is 0.314. The number of esters is 1. The van der Waals surface area contributed by atoms with Gasteiger partial charge in [0.15, 0.2) is 11.5 Å². The molecule has 0 spiro atoms. The van der Waals surface area contributed by atoms with Crippen molar-refractivity contribution in [1.82, 2.24) is 0 Å². The standard InChI is InChI=1S/C47H40O5P/c1-49-47(48)39-27-29-40(30-28-39)52-45-32-38(31-44(50-33-36-17-7-2-8-18-36)46(45)51-34-37-19-9-3-10-20-37)35-53(41-21-11-4-12-22-41,42-23-13-5-14-24-42)43-25-15-6-16-26-43/h2-32H,33-35H2,1H3/q+1. The maximum absolute atomic E-state index is 12.2. The fourth-order valence-electron chi connectivity index (χ4n) is 6.46. The van der Waals surface area contributed by atoms with Crippen LogP contribution in [0.4, 0.5) is 0 Å². The van der Waals surface area contributed by atoms with Crippen molar-refractivity contribution in [3.63, 3.8) is 0 Å². The van der Waals surface area contributed by atoms with E-state index in [1.54, 1.807) is 24.3 Å². The van der Waals surface area contributed by atoms with E-state index in [0.29, 0.717) is 47.9 Å². The normalized spacial score (nSPS) is 11.0. The van der Waals surface area contributed by atoms with Gasteiger partial charge in [0.2, 0.25) is 5.75 Å². The first-order chi connectivity index (χ1) is 26.1. The molecule has 0 heterocycles. The summed E-state index contributed by atoms with van der Waals surface area (Å²) in [4.78, 5) is 12.2. The number of hydrogen-bond acceptors (Lipinski definition) is 5. The van der Waals surface area contributed by atoms with Crippen molar-refractivity contribution in [2.45, 2.75) is 19.4 Å². The predicted molar refractivity (Wildman–Crippen MR) is 215 cm³/mol.